The summed E-state index contributed by atoms with van der Waals surface area (Å²) in [6.07, 6.45) is 2.43. The normalized spacial score (nSPS) is 12.9. The summed E-state index contributed by atoms with van der Waals surface area (Å²) >= 11 is 0. The van der Waals surface area contributed by atoms with Gasteiger partial charge in [0.25, 0.3) is 0 Å². The summed E-state index contributed by atoms with van der Waals surface area (Å²) in [5.74, 6) is 1.10. The SMILES string of the molecule is CNCCCC(=O)NCc1ccc2c(c1)CCO2. The first-order chi connectivity index (χ1) is 8.79. The van der Waals surface area contributed by atoms with E-state index in [0.29, 0.717) is 13.0 Å². The van der Waals surface area contributed by atoms with Gasteiger partial charge < -0.3 is 15.4 Å². The molecular formula is C14H20N2O2. The van der Waals surface area contributed by atoms with Crippen LogP contribution in [0.4, 0.5) is 0 Å². The smallest absolute Gasteiger partial charge is 0.220 e. The molecule has 0 aliphatic carbocycles. The van der Waals surface area contributed by atoms with Gasteiger partial charge in [0, 0.05) is 19.4 Å². The fraction of sp³-hybridized carbons (Fsp3) is 0.500. The zero-order valence-corrected chi connectivity index (χ0v) is 10.8. The van der Waals surface area contributed by atoms with E-state index in [0.717, 1.165) is 37.3 Å². The number of hydrogen-bond donors (Lipinski definition) is 2. The Hall–Kier alpha value is -1.55. The second kappa shape index (κ2) is 6.40. The van der Waals surface area contributed by atoms with Gasteiger partial charge in [-0.25, -0.2) is 0 Å². The van der Waals surface area contributed by atoms with Crippen molar-refractivity contribution in [1.29, 1.82) is 0 Å². The molecule has 2 N–H and O–H groups in total. The molecule has 0 fully saturated rings. The van der Waals surface area contributed by atoms with Gasteiger partial charge in [0.15, 0.2) is 0 Å². The highest BCUT2D eigenvalue weighted by Crippen LogP contribution is 2.25. The Balaban J connectivity index is 1.78. The summed E-state index contributed by atoms with van der Waals surface area (Å²) in [6, 6.07) is 6.12. The number of amides is 1. The van der Waals surface area contributed by atoms with Crippen LogP contribution in [0.15, 0.2) is 18.2 Å². The van der Waals surface area contributed by atoms with Crippen molar-refractivity contribution in [3.63, 3.8) is 0 Å². The third kappa shape index (κ3) is 3.47. The predicted octanol–water partition coefficient (Wildman–Crippen LogP) is 1.24. The van der Waals surface area contributed by atoms with Gasteiger partial charge in [-0.15, -0.1) is 0 Å². The van der Waals surface area contributed by atoms with Crippen molar-refractivity contribution in [2.45, 2.75) is 25.8 Å². The van der Waals surface area contributed by atoms with Crippen molar-refractivity contribution in [3.05, 3.63) is 29.3 Å². The van der Waals surface area contributed by atoms with Gasteiger partial charge in [-0.05, 0) is 37.2 Å². The van der Waals surface area contributed by atoms with Crippen LogP contribution in [-0.4, -0.2) is 26.1 Å². The molecule has 4 heteroatoms. The van der Waals surface area contributed by atoms with Crippen LogP contribution in [0, 0.1) is 0 Å². The average Bonchev–Trinajstić information content (AvgIpc) is 2.84. The van der Waals surface area contributed by atoms with Crippen LogP contribution in [0.5, 0.6) is 5.75 Å². The minimum Gasteiger partial charge on any atom is -0.493 e. The molecule has 0 radical (unpaired) electrons. The minimum absolute atomic E-state index is 0.113. The molecule has 1 aromatic carbocycles. The Kier molecular flexibility index (Phi) is 4.59. The zero-order chi connectivity index (χ0) is 12.8. The number of rotatable bonds is 6. The highest BCUT2D eigenvalue weighted by atomic mass is 16.5. The zero-order valence-electron chi connectivity index (χ0n) is 10.8. The van der Waals surface area contributed by atoms with Crippen LogP contribution in [-0.2, 0) is 17.8 Å². The molecule has 0 spiro atoms. The molecule has 4 nitrogen and oxygen atoms in total. The number of carbonyl (C=O) groups excluding carboxylic acids is 1. The lowest BCUT2D eigenvalue weighted by molar-refractivity contribution is -0.121. The molecule has 0 bridgehead atoms. The Morgan fingerprint density at radius 1 is 1.44 bits per heavy atom. The molecule has 0 saturated carbocycles. The fourth-order valence-corrected chi connectivity index (χ4v) is 2.06. The Bertz CT molecular complexity index is 418. The van der Waals surface area contributed by atoms with Crippen LogP contribution in [0.25, 0.3) is 0 Å². The van der Waals surface area contributed by atoms with E-state index in [1.807, 2.05) is 19.2 Å². The summed E-state index contributed by atoms with van der Waals surface area (Å²) in [5, 5.41) is 5.97. The molecular weight excluding hydrogens is 228 g/mol. The van der Waals surface area contributed by atoms with Crippen molar-refractivity contribution in [1.82, 2.24) is 10.6 Å². The van der Waals surface area contributed by atoms with Gasteiger partial charge in [0.05, 0.1) is 6.61 Å². The molecule has 0 saturated heterocycles. The fourth-order valence-electron chi connectivity index (χ4n) is 2.06. The van der Waals surface area contributed by atoms with Crippen LogP contribution >= 0.6 is 0 Å². The van der Waals surface area contributed by atoms with E-state index in [1.54, 1.807) is 0 Å². The Morgan fingerprint density at radius 3 is 3.17 bits per heavy atom. The van der Waals surface area contributed by atoms with Crippen LogP contribution in [0.3, 0.4) is 0 Å². The van der Waals surface area contributed by atoms with E-state index in [1.165, 1.54) is 5.56 Å². The molecule has 0 unspecified atom stereocenters. The first kappa shape index (κ1) is 12.9. The lowest BCUT2D eigenvalue weighted by atomic mass is 10.1. The third-order valence-electron chi connectivity index (χ3n) is 3.07. The minimum atomic E-state index is 0.113. The molecule has 1 heterocycles. The Labute approximate surface area is 108 Å². The quantitative estimate of drug-likeness (QED) is 0.745. The number of hydrogen-bond acceptors (Lipinski definition) is 3. The van der Waals surface area contributed by atoms with E-state index in [-0.39, 0.29) is 5.91 Å². The first-order valence-electron chi connectivity index (χ1n) is 6.45. The second-order valence-electron chi connectivity index (χ2n) is 4.52. The predicted molar refractivity (Wildman–Crippen MR) is 70.6 cm³/mol. The lowest BCUT2D eigenvalue weighted by Gasteiger charge is -2.07. The van der Waals surface area contributed by atoms with Gasteiger partial charge >= 0.3 is 0 Å². The molecule has 18 heavy (non-hydrogen) atoms. The summed E-state index contributed by atoms with van der Waals surface area (Å²) < 4.78 is 5.45. The van der Waals surface area contributed by atoms with Gasteiger partial charge in [0.1, 0.15) is 5.75 Å². The summed E-state index contributed by atoms with van der Waals surface area (Å²) in [6.45, 7) is 2.25. The van der Waals surface area contributed by atoms with Crippen LogP contribution in [0.2, 0.25) is 0 Å². The molecule has 0 atom stereocenters. The molecule has 98 valence electrons. The monoisotopic (exact) mass is 248 g/mol. The van der Waals surface area contributed by atoms with E-state index in [2.05, 4.69) is 16.7 Å². The van der Waals surface area contributed by atoms with Crippen LogP contribution < -0.4 is 15.4 Å². The molecule has 1 aliphatic heterocycles. The first-order valence-corrected chi connectivity index (χ1v) is 6.45. The largest absolute Gasteiger partial charge is 0.493 e. The molecule has 1 aliphatic rings. The van der Waals surface area contributed by atoms with Crippen molar-refractivity contribution in [3.8, 4) is 5.75 Å². The van der Waals surface area contributed by atoms with E-state index < -0.39 is 0 Å². The molecule has 2 rings (SSSR count). The van der Waals surface area contributed by atoms with Crippen molar-refractivity contribution in [2.75, 3.05) is 20.2 Å². The van der Waals surface area contributed by atoms with E-state index in [4.69, 9.17) is 4.74 Å². The summed E-state index contributed by atoms with van der Waals surface area (Å²) in [4.78, 5) is 11.6. The highest BCUT2D eigenvalue weighted by molar-refractivity contribution is 5.75. The maximum absolute atomic E-state index is 11.6. The number of ether oxygens (including phenoxy) is 1. The maximum atomic E-state index is 11.6. The van der Waals surface area contributed by atoms with E-state index in [9.17, 15) is 4.79 Å². The van der Waals surface area contributed by atoms with Gasteiger partial charge in [-0.3, -0.25) is 4.79 Å². The Morgan fingerprint density at radius 2 is 2.33 bits per heavy atom. The third-order valence-corrected chi connectivity index (χ3v) is 3.07. The molecule has 1 aromatic rings. The van der Waals surface area contributed by atoms with Gasteiger partial charge in [-0.2, -0.15) is 0 Å². The van der Waals surface area contributed by atoms with E-state index >= 15 is 0 Å². The maximum Gasteiger partial charge on any atom is 0.220 e. The standard InChI is InChI=1S/C14H20N2O2/c1-15-7-2-3-14(17)16-10-11-4-5-13-12(9-11)6-8-18-13/h4-5,9,15H,2-3,6-8,10H2,1H3,(H,16,17). The number of benzene rings is 1. The van der Waals surface area contributed by atoms with Crippen LogP contribution in [0.1, 0.15) is 24.0 Å². The summed E-state index contributed by atoms with van der Waals surface area (Å²) in [7, 11) is 1.89. The number of fused-ring (bicyclic) bond motifs is 1. The second-order valence-corrected chi connectivity index (χ2v) is 4.52. The summed E-state index contributed by atoms with van der Waals surface area (Å²) in [5.41, 5.74) is 2.39. The van der Waals surface area contributed by atoms with Crippen molar-refractivity contribution >= 4 is 5.91 Å². The van der Waals surface area contributed by atoms with Gasteiger partial charge in [-0.1, -0.05) is 12.1 Å². The number of nitrogens with one attached hydrogen (secondary N) is 2. The van der Waals surface area contributed by atoms with Crippen molar-refractivity contribution < 1.29 is 9.53 Å². The molecule has 0 aromatic heterocycles. The highest BCUT2D eigenvalue weighted by Gasteiger charge is 2.12. The lowest BCUT2D eigenvalue weighted by Crippen LogP contribution is -2.23. The van der Waals surface area contributed by atoms with Gasteiger partial charge in [0.2, 0.25) is 5.91 Å². The molecule has 1 amide bonds. The average molecular weight is 248 g/mol. The van der Waals surface area contributed by atoms with Crippen molar-refractivity contribution in [2.24, 2.45) is 0 Å². The number of carbonyl (C=O) groups is 1. The topological polar surface area (TPSA) is 50.4 Å².